The van der Waals surface area contributed by atoms with Gasteiger partial charge in [-0.05, 0) is 61.0 Å². The number of carbonyl (C=O) groups is 2. The summed E-state index contributed by atoms with van der Waals surface area (Å²) in [6, 6.07) is 7.70. The smallest absolute Gasteiger partial charge is 0.234 e. The van der Waals surface area contributed by atoms with E-state index in [4.69, 9.17) is 12.2 Å². The third-order valence-corrected chi connectivity index (χ3v) is 6.63. The fraction of sp³-hybridized carbons (Fsp3) is 0.381. The van der Waals surface area contributed by atoms with E-state index in [0.29, 0.717) is 25.1 Å². The molecule has 0 saturated carbocycles. The van der Waals surface area contributed by atoms with Crippen molar-refractivity contribution < 1.29 is 14.7 Å². The van der Waals surface area contributed by atoms with Crippen LogP contribution < -0.4 is 5.32 Å². The monoisotopic (exact) mass is 414 g/mol. The number of aliphatic hydroxyl groups excluding tert-OH is 1. The number of benzene rings is 1. The summed E-state index contributed by atoms with van der Waals surface area (Å²) in [6.45, 7) is 0.616. The minimum absolute atomic E-state index is 0.0419. The Labute approximate surface area is 173 Å². The van der Waals surface area contributed by atoms with Crippen molar-refractivity contribution in [3.63, 3.8) is 0 Å². The van der Waals surface area contributed by atoms with Gasteiger partial charge in [-0.25, -0.2) is 0 Å². The average Bonchev–Trinajstić information content (AvgIpc) is 3.22. The maximum absolute atomic E-state index is 13.3. The van der Waals surface area contributed by atoms with Gasteiger partial charge in [0.25, 0.3) is 0 Å². The van der Waals surface area contributed by atoms with E-state index in [0.717, 1.165) is 12.8 Å². The summed E-state index contributed by atoms with van der Waals surface area (Å²) >= 11 is 6.28. The fourth-order valence-corrected chi connectivity index (χ4v) is 5.12. The quantitative estimate of drug-likeness (QED) is 0.738. The molecule has 0 aromatic heterocycles. The third kappa shape index (κ3) is 3.66. The molecule has 7 heteroatoms. The van der Waals surface area contributed by atoms with E-state index in [1.807, 2.05) is 17.5 Å². The second-order valence-corrected chi connectivity index (χ2v) is 8.57. The highest BCUT2D eigenvalue weighted by Gasteiger charge is 2.40. The number of nitrogens with one attached hydrogen (secondary N) is 1. The summed E-state index contributed by atoms with van der Waals surface area (Å²) in [6.07, 6.45) is 4.63. The number of fused-ring (bicyclic) bond motifs is 1. The zero-order chi connectivity index (χ0) is 19.7. The van der Waals surface area contributed by atoms with Crippen molar-refractivity contribution in [2.24, 2.45) is 11.8 Å². The lowest BCUT2D eigenvalue weighted by molar-refractivity contribution is -0.134. The van der Waals surface area contributed by atoms with E-state index in [1.165, 1.54) is 27.8 Å². The zero-order valence-corrected chi connectivity index (χ0v) is 17.0. The first-order valence-electron chi connectivity index (χ1n) is 9.49. The van der Waals surface area contributed by atoms with Crippen molar-refractivity contribution in [1.29, 1.82) is 0 Å². The van der Waals surface area contributed by atoms with Crippen LogP contribution in [0.15, 0.2) is 47.0 Å². The molecule has 0 radical (unpaired) electrons. The largest absolute Gasteiger partial charge is 0.501 e. The molecule has 0 spiro atoms. The van der Waals surface area contributed by atoms with Crippen molar-refractivity contribution in [1.82, 2.24) is 10.2 Å². The molecule has 28 heavy (non-hydrogen) atoms. The Morgan fingerprint density at radius 2 is 2.00 bits per heavy atom. The van der Waals surface area contributed by atoms with Gasteiger partial charge in [0.05, 0.1) is 11.7 Å². The number of amides is 1. The molecular formula is C21H22N2O3S2. The highest BCUT2D eigenvalue weighted by molar-refractivity contribution is 8.05. The Hall–Kier alpha value is -1.96. The van der Waals surface area contributed by atoms with Gasteiger partial charge in [0.15, 0.2) is 10.8 Å². The summed E-state index contributed by atoms with van der Waals surface area (Å²) in [7, 11) is 0. The molecule has 146 valence electrons. The topological polar surface area (TPSA) is 69.6 Å². The first-order chi connectivity index (χ1) is 13.6. The Bertz CT molecular complexity index is 880. The van der Waals surface area contributed by atoms with E-state index in [-0.39, 0.29) is 22.7 Å². The molecular weight excluding hydrogens is 392 g/mol. The number of aliphatic hydroxyl groups is 1. The number of thiocarbonyl (C=S) groups is 1. The summed E-state index contributed by atoms with van der Waals surface area (Å²) in [5.41, 5.74) is 2.90. The molecule has 2 unspecified atom stereocenters. The van der Waals surface area contributed by atoms with Gasteiger partial charge in [-0.1, -0.05) is 24.3 Å². The highest BCUT2D eigenvalue weighted by Crippen LogP contribution is 2.32. The number of carbonyl (C=O) groups excluding carboxylic acids is 2. The maximum atomic E-state index is 13.3. The van der Waals surface area contributed by atoms with Crippen LogP contribution in [0, 0.1) is 11.8 Å². The molecule has 3 atom stereocenters. The van der Waals surface area contributed by atoms with Crippen LogP contribution in [-0.2, 0) is 22.4 Å². The van der Waals surface area contributed by atoms with Crippen LogP contribution in [0.25, 0.3) is 0 Å². The minimum Gasteiger partial charge on any atom is -0.501 e. The van der Waals surface area contributed by atoms with Gasteiger partial charge >= 0.3 is 0 Å². The molecule has 1 aliphatic carbocycles. The Morgan fingerprint density at radius 1 is 1.21 bits per heavy atom. The van der Waals surface area contributed by atoms with Crippen molar-refractivity contribution in [2.75, 3.05) is 6.54 Å². The molecule has 0 bridgehead atoms. The first kappa shape index (κ1) is 19.4. The lowest BCUT2D eigenvalue weighted by Crippen LogP contribution is -2.42. The van der Waals surface area contributed by atoms with E-state index in [2.05, 4.69) is 17.4 Å². The number of hydrogen-bond acceptors (Lipinski definition) is 5. The van der Waals surface area contributed by atoms with Crippen molar-refractivity contribution in [2.45, 2.75) is 31.7 Å². The van der Waals surface area contributed by atoms with Crippen LogP contribution in [-0.4, -0.2) is 39.3 Å². The van der Waals surface area contributed by atoms with Gasteiger partial charge in [0.2, 0.25) is 5.91 Å². The number of Topliss-reactive ketones (excluding diaryl/α,β-unsaturated/α-hetero) is 1. The third-order valence-electron chi connectivity index (χ3n) is 5.74. The molecule has 4 rings (SSSR count). The molecule has 1 fully saturated rings. The zero-order valence-electron chi connectivity index (χ0n) is 15.3. The van der Waals surface area contributed by atoms with Gasteiger partial charge in [-0.15, -0.1) is 11.8 Å². The summed E-state index contributed by atoms with van der Waals surface area (Å²) in [5, 5.41) is 16.2. The van der Waals surface area contributed by atoms with E-state index in [1.54, 1.807) is 11.6 Å². The van der Waals surface area contributed by atoms with Crippen LogP contribution in [0.5, 0.6) is 0 Å². The standard InChI is InChI=1S/C21H22N2O3S2/c24-19(16-7-8-22-18(16)21(26)27)17-12-28-10-9-23(17)20(25)15-6-5-13-3-1-2-4-14(13)11-15/h1-4,9-10,12,15-16,18,22H,5-8,11H2,(H,26,27)/t15?,16?,18-/m0/s1. The predicted octanol–water partition coefficient (Wildman–Crippen LogP) is 3.11. The second kappa shape index (κ2) is 8.19. The van der Waals surface area contributed by atoms with Gasteiger partial charge in [0, 0.05) is 23.4 Å². The van der Waals surface area contributed by atoms with Crippen molar-refractivity contribution >= 4 is 40.7 Å². The lowest BCUT2D eigenvalue weighted by atomic mass is 9.83. The normalized spacial score (nSPS) is 26.5. The van der Waals surface area contributed by atoms with E-state index >= 15 is 0 Å². The summed E-state index contributed by atoms with van der Waals surface area (Å²) in [4.78, 5) is 28.0. The number of ketones is 1. The second-order valence-electron chi connectivity index (χ2n) is 7.37. The number of rotatable bonds is 4. The fourth-order valence-electron chi connectivity index (χ4n) is 4.25. The van der Waals surface area contributed by atoms with Gasteiger partial charge in [-0.2, -0.15) is 0 Å². The van der Waals surface area contributed by atoms with Crippen LogP contribution in [0.2, 0.25) is 0 Å². The van der Waals surface area contributed by atoms with E-state index in [9.17, 15) is 14.7 Å². The predicted molar refractivity (Wildman–Crippen MR) is 114 cm³/mol. The van der Waals surface area contributed by atoms with Gasteiger partial charge in [-0.3, -0.25) is 14.5 Å². The number of aryl methyl sites for hydroxylation is 1. The first-order valence-corrected chi connectivity index (χ1v) is 10.8. The Kier molecular flexibility index (Phi) is 5.66. The van der Waals surface area contributed by atoms with Crippen molar-refractivity contribution in [3.8, 4) is 0 Å². The average molecular weight is 415 g/mol. The maximum Gasteiger partial charge on any atom is 0.234 e. The van der Waals surface area contributed by atoms with Crippen LogP contribution in [0.3, 0.4) is 0 Å². The number of thioether (sulfide) groups is 1. The lowest BCUT2D eigenvalue weighted by Gasteiger charge is -2.31. The molecule has 5 nitrogen and oxygen atoms in total. The number of hydrogen-bond donors (Lipinski definition) is 2. The van der Waals surface area contributed by atoms with Crippen LogP contribution in [0.1, 0.15) is 24.0 Å². The molecule has 1 amide bonds. The summed E-state index contributed by atoms with van der Waals surface area (Å²) < 4.78 is 0. The number of nitrogens with zero attached hydrogens (tertiary/aromatic N) is 1. The molecule has 1 aromatic rings. The highest BCUT2D eigenvalue weighted by atomic mass is 32.2. The van der Waals surface area contributed by atoms with Crippen molar-refractivity contribution in [3.05, 3.63) is 58.1 Å². The minimum atomic E-state index is -0.530. The van der Waals surface area contributed by atoms with Crippen LogP contribution in [0.4, 0.5) is 0 Å². The molecule has 3 aliphatic rings. The SMILES string of the molecule is O=C(C1=CSC=CN1C(=O)C1CCc2ccccc2C1)C1CCN[C@@H]1C(O)=S. The van der Waals surface area contributed by atoms with Gasteiger partial charge in [0.1, 0.15) is 0 Å². The molecule has 2 heterocycles. The molecule has 2 aliphatic heterocycles. The Morgan fingerprint density at radius 3 is 2.79 bits per heavy atom. The number of allylic oxidation sites excluding steroid dienone is 1. The summed E-state index contributed by atoms with van der Waals surface area (Å²) in [5.74, 6) is -0.777. The molecule has 1 saturated heterocycles. The molecule has 1 aromatic carbocycles. The van der Waals surface area contributed by atoms with Gasteiger partial charge < -0.3 is 10.4 Å². The molecule has 2 N–H and O–H groups in total. The van der Waals surface area contributed by atoms with Crippen LogP contribution >= 0.6 is 24.0 Å². The van der Waals surface area contributed by atoms with E-state index < -0.39 is 12.0 Å². The Balaban J connectivity index is 1.53.